The summed E-state index contributed by atoms with van der Waals surface area (Å²) < 4.78 is 35.0. The van der Waals surface area contributed by atoms with Crippen LogP contribution in [0.2, 0.25) is 0 Å². The normalized spacial score (nSPS) is 11.2. The minimum atomic E-state index is -3.73. The second kappa shape index (κ2) is 6.41. The van der Waals surface area contributed by atoms with Crippen molar-refractivity contribution in [1.29, 1.82) is 0 Å². The van der Waals surface area contributed by atoms with Gasteiger partial charge < -0.3 is 9.30 Å². The first-order valence-electron chi connectivity index (χ1n) is 7.40. The minimum absolute atomic E-state index is 0.125. The quantitative estimate of drug-likeness (QED) is 0.771. The average molecular weight is 342 g/mol. The van der Waals surface area contributed by atoms with E-state index in [0.29, 0.717) is 11.4 Å². The Morgan fingerprint density at radius 2 is 1.67 bits per heavy atom. The predicted molar refractivity (Wildman–Crippen MR) is 94.3 cm³/mol. The molecule has 1 N–H and O–H groups in total. The van der Waals surface area contributed by atoms with Gasteiger partial charge in [0.2, 0.25) is 0 Å². The summed E-state index contributed by atoms with van der Waals surface area (Å²) in [6.07, 6.45) is 3.85. The molecular formula is C18H18N2O3S. The van der Waals surface area contributed by atoms with Crippen molar-refractivity contribution >= 4 is 15.7 Å². The van der Waals surface area contributed by atoms with E-state index in [1.165, 1.54) is 7.11 Å². The van der Waals surface area contributed by atoms with Gasteiger partial charge in [-0.1, -0.05) is 6.07 Å². The molecule has 2 aromatic carbocycles. The fourth-order valence-electron chi connectivity index (χ4n) is 2.41. The van der Waals surface area contributed by atoms with Gasteiger partial charge in [-0.05, 0) is 61.0 Å². The van der Waals surface area contributed by atoms with Crippen LogP contribution in [0.25, 0.3) is 5.69 Å². The maximum absolute atomic E-state index is 12.7. The first-order chi connectivity index (χ1) is 11.5. The zero-order valence-electron chi connectivity index (χ0n) is 13.4. The molecule has 0 saturated heterocycles. The van der Waals surface area contributed by atoms with Crippen LogP contribution in [0.15, 0.2) is 71.9 Å². The van der Waals surface area contributed by atoms with Crippen LogP contribution in [0.1, 0.15) is 5.56 Å². The number of hydrogen-bond donors (Lipinski definition) is 1. The van der Waals surface area contributed by atoms with Crippen molar-refractivity contribution in [2.45, 2.75) is 11.8 Å². The van der Waals surface area contributed by atoms with Crippen LogP contribution in [0.3, 0.4) is 0 Å². The molecule has 124 valence electrons. The second-order valence-corrected chi connectivity index (χ2v) is 7.05. The monoisotopic (exact) mass is 342 g/mol. The third-order valence-electron chi connectivity index (χ3n) is 3.63. The summed E-state index contributed by atoms with van der Waals surface area (Å²) in [5.41, 5.74) is 2.30. The smallest absolute Gasteiger partial charge is 0.265 e. The Morgan fingerprint density at radius 1 is 1.00 bits per heavy atom. The largest absolute Gasteiger partial charge is 0.495 e. The van der Waals surface area contributed by atoms with E-state index in [4.69, 9.17) is 4.74 Å². The van der Waals surface area contributed by atoms with Crippen molar-refractivity contribution in [2.24, 2.45) is 0 Å². The Labute approximate surface area is 141 Å². The molecule has 0 spiro atoms. The van der Waals surface area contributed by atoms with Gasteiger partial charge >= 0.3 is 0 Å². The van der Waals surface area contributed by atoms with E-state index >= 15 is 0 Å². The van der Waals surface area contributed by atoms with E-state index in [1.807, 2.05) is 54.2 Å². The Kier molecular flexibility index (Phi) is 4.31. The Morgan fingerprint density at radius 3 is 2.29 bits per heavy atom. The van der Waals surface area contributed by atoms with Crippen molar-refractivity contribution in [1.82, 2.24) is 4.57 Å². The summed E-state index contributed by atoms with van der Waals surface area (Å²) >= 11 is 0. The minimum Gasteiger partial charge on any atom is -0.495 e. The van der Waals surface area contributed by atoms with Crippen LogP contribution in [0.4, 0.5) is 5.69 Å². The number of nitrogens with zero attached hydrogens (tertiary/aromatic N) is 1. The van der Waals surface area contributed by atoms with Crippen LogP contribution < -0.4 is 9.46 Å². The van der Waals surface area contributed by atoms with Gasteiger partial charge in [0.1, 0.15) is 10.6 Å². The number of methoxy groups -OCH3 is 1. The number of benzene rings is 2. The number of hydrogen-bond acceptors (Lipinski definition) is 3. The summed E-state index contributed by atoms with van der Waals surface area (Å²) in [4.78, 5) is 0.125. The highest BCUT2D eigenvalue weighted by Crippen LogP contribution is 2.27. The molecule has 3 rings (SSSR count). The maximum atomic E-state index is 12.7. The third kappa shape index (κ3) is 3.28. The first kappa shape index (κ1) is 16.1. The van der Waals surface area contributed by atoms with Gasteiger partial charge in [-0.25, -0.2) is 8.42 Å². The SMILES string of the molecule is COc1ccc(C)cc1S(=O)(=O)Nc1ccc(-n2cccc2)cc1. The van der Waals surface area contributed by atoms with E-state index in [-0.39, 0.29) is 4.90 Å². The van der Waals surface area contributed by atoms with E-state index < -0.39 is 10.0 Å². The first-order valence-corrected chi connectivity index (χ1v) is 8.89. The highest BCUT2D eigenvalue weighted by atomic mass is 32.2. The number of ether oxygens (including phenoxy) is 1. The molecule has 5 nitrogen and oxygen atoms in total. The standard InChI is InChI=1S/C18H18N2O3S/c1-14-5-10-17(23-2)18(13-14)24(21,22)19-15-6-8-16(9-7-15)20-11-3-4-12-20/h3-13,19H,1-2H3. The molecule has 0 aliphatic carbocycles. The highest BCUT2D eigenvalue weighted by Gasteiger charge is 2.19. The second-order valence-electron chi connectivity index (χ2n) is 5.40. The molecule has 24 heavy (non-hydrogen) atoms. The van der Waals surface area contributed by atoms with Gasteiger partial charge in [0.05, 0.1) is 7.11 Å². The van der Waals surface area contributed by atoms with Gasteiger partial charge in [-0.3, -0.25) is 4.72 Å². The molecule has 0 aliphatic rings. The number of anilines is 1. The number of nitrogens with one attached hydrogen (secondary N) is 1. The zero-order chi connectivity index (χ0) is 17.2. The third-order valence-corrected chi connectivity index (χ3v) is 5.03. The van der Waals surface area contributed by atoms with Crippen molar-refractivity contribution in [3.05, 3.63) is 72.6 Å². The summed E-state index contributed by atoms with van der Waals surface area (Å²) in [6, 6.07) is 16.1. The molecule has 0 unspecified atom stereocenters. The van der Waals surface area contributed by atoms with Gasteiger partial charge in [0, 0.05) is 23.8 Å². The number of aryl methyl sites for hydroxylation is 1. The van der Waals surface area contributed by atoms with E-state index in [0.717, 1.165) is 11.3 Å². The predicted octanol–water partition coefficient (Wildman–Crippen LogP) is 3.60. The van der Waals surface area contributed by atoms with Gasteiger partial charge in [0.15, 0.2) is 0 Å². The van der Waals surface area contributed by atoms with Crippen LogP contribution in [-0.4, -0.2) is 20.1 Å². The van der Waals surface area contributed by atoms with E-state index in [9.17, 15) is 8.42 Å². The molecule has 0 bridgehead atoms. The van der Waals surface area contributed by atoms with Gasteiger partial charge in [-0.15, -0.1) is 0 Å². The number of sulfonamides is 1. The van der Waals surface area contributed by atoms with Crippen molar-refractivity contribution in [3.8, 4) is 11.4 Å². The summed E-state index contributed by atoms with van der Waals surface area (Å²) in [5.74, 6) is 0.317. The molecule has 0 aliphatic heterocycles. The number of rotatable bonds is 5. The average Bonchev–Trinajstić information content (AvgIpc) is 3.10. The number of aromatic nitrogens is 1. The fraction of sp³-hybridized carbons (Fsp3) is 0.111. The van der Waals surface area contributed by atoms with Crippen LogP contribution in [-0.2, 0) is 10.0 Å². The van der Waals surface area contributed by atoms with Crippen molar-refractivity contribution < 1.29 is 13.2 Å². The lowest BCUT2D eigenvalue weighted by Gasteiger charge is -2.13. The Bertz CT molecular complexity index is 931. The molecule has 1 heterocycles. The van der Waals surface area contributed by atoms with Crippen molar-refractivity contribution in [3.63, 3.8) is 0 Å². The van der Waals surface area contributed by atoms with Crippen LogP contribution in [0, 0.1) is 6.92 Å². The van der Waals surface area contributed by atoms with Gasteiger partial charge in [0.25, 0.3) is 10.0 Å². The molecule has 0 radical (unpaired) electrons. The summed E-state index contributed by atoms with van der Waals surface area (Å²) in [5, 5.41) is 0. The fourth-order valence-corrected chi connectivity index (χ4v) is 3.73. The summed E-state index contributed by atoms with van der Waals surface area (Å²) in [7, 11) is -2.27. The lowest BCUT2D eigenvalue weighted by atomic mass is 10.2. The summed E-state index contributed by atoms with van der Waals surface area (Å²) in [6.45, 7) is 1.84. The Hall–Kier alpha value is -2.73. The van der Waals surface area contributed by atoms with E-state index in [2.05, 4.69) is 4.72 Å². The lowest BCUT2D eigenvalue weighted by molar-refractivity contribution is 0.402. The molecule has 6 heteroatoms. The molecule has 0 fully saturated rings. The molecular weight excluding hydrogens is 324 g/mol. The highest BCUT2D eigenvalue weighted by molar-refractivity contribution is 7.92. The lowest BCUT2D eigenvalue weighted by Crippen LogP contribution is -2.14. The molecule has 1 aromatic heterocycles. The molecule has 0 amide bonds. The van der Waals surface area contributed by atoms with Crippen LogP contribution >= 0.6 is 0 Å². The Balaban J connectivity index is 1.88. The molecule has 0 atom stereocenters. The molecule has 3 aromatic rings. The van der Waals surface area contributed by atoms with Crippen molar-refractivity contribution in [2.75, 3.05) is 11.8 Å². The van der Waals surface area contributed by atoms with Gasteiger partial charge in [-0.2, -0.15) is 0 Å². The van der Waals surface area contributed by atoms with Crippen LogP contribution in [0.5, 0.6) is 5.75 Å². The zero-order valence-corrected chi connectivity index (χ0v) is 14.2. The molecule has 0 saturated carbocycles. The topological polar surface area (TPSA) is 60.3 Å². The maximum Gasteiger partial charge on any atom is 0.265 e. The van der Waals surface area contributed by atoms with E-state index in [1.54, 1.807) is 24.3 Å².